The number of methoxy groups -OCH3 is 1. The zero-order chi connectivity index (χ0) is 10.7. The summed E-state index contributed by atoms with van der Waals surface area (Å²) < 4.78 is 5.48. The van der Waals surface area contributed by atoms with E-state index in [2.05, 4.69) is 20.7 Å². The van der Waals surface area contributed by atoms with Gasteiger partial charge < -0.3 is 10.5 Å². The maximum absolute atomic E-state index is 11.2. The standard InChI is InChI=1S/C10H12BrNO2/c1-6-3-4-7(11)5-8(6)9(12)10(13)14-2/h3-5,9H,12H2,1-2H3/t9-/m0/s1. The molecule has 0 fully saturated rings. The lowest BCUT2D eigenvalue weighted by Gasteiger charge is -2.12. The van der Waals surface area contributed by atoms with Crippen LogP contribution in [0, 0.1) is 6.92 Å². The van der Waals surface area contributed by atoms with Crippen molar-refractivity contribution in [1.29, 1.82) is 0 Å². The lowest BCUT2D eigenvalue weighted by molar-refractivity contribution is -0.142. The van der Waals surface area contributed by atoms with Crippen molar-refractivity contribution in [2.24, 2.45) is 5.73 Å². The highest BCUT2D eigenvalue weighted by atomic mass is 79.9. The predicted molar refractivity (Wildman–Crippen MR) is 57.8 cm³/mol. The Morgan fingerprint density at radius 3 is 2.79 bits per heavy atom. The monoisotopic (exact) mass is 257 g/mol. The van der Waals surface area contributed by atoms with Crippen molar-refractivity contribution in [3.63, 3.8) is 0 Å². The molecule has 0 saturated heterocycles. The Bertz CT molecular complexity index is 352. The molecule has 0 spiro atoms. The molecule has 0 aliphatic rings. The number of carbonyl (C=O) groups excluding carboxylic acids is 1. The van der Waals surface area contributed by atoms with E-state index in [9.17, 15) is 4.79 Å². The summed E-state index contributed by atoms with van der Waals surface area (Å²) in [6, 6.07) is 4.93. The average Bonchev–Trinajstić information content (AvgIpc) is 2.19. The lowest BCUT2D eigenvalue weighted by Crippen LogP contribution is -2.23. The van der Waals surface area contributed by atoms with Crippen LogP contribution in [-0.2, 0) is 9.53 Å². The Morgan fingerprint density at radius 1 is 1.57 bits per heavy atom. The molecule has 0 unspecified atom stereocenters. The highest BCUT2D eigenvalue weighted by Gasteiger charge is 2.18. The summed E-state index contributed by atoms with van der Waals surface area (Å²) in [4.78, 5) is 11.2. The Kier molecular flexibility index (Phi) is 3.66. The third kappa shape index (κ3) is 2.33. The number of nitrogens with two attached hydrogens (primary N) is 1. The fourth-order valence-electron chi connectivity index (χ4n) is 1.20. The molecule has 0 aromatic heterocycles. The fourth-order valence-corrected chi connectivity index (χ4v) is 1.58. The van der Waals surface area contributed by atoms with Crippen LogP contribution in [-0.4, -0.2) is 13.1 Å². The lowest BCUT2D eigenvalue weighted by atomic mass is 10.0. The summed E-state index contributed by atoms with van der Waals surface area (Å²) in [5.74, 6) is -0.425. The number of benzene rings is 1. The zero-order valence-electron chi connectivity index (χ0n) is 8.08. The van der Waals surface area contributed by atoms with Crippen molar-refractivity contribution < 1.29 is 9.53 Å². The molecule has 76 valence electrons. The second-order valence-electron chi connectivity index (χ2n) is 3.00. The van der Waals surface area contributed by atoms with Crippen molar-refractivity contribution in [2.75, 3.05) is 7.11 Å². The van der Waals surface area contributed by atoms with Gasteiger partial charge in [0.1, 0.15) is 6.04 Å². The second-order valence-corrected chi connectivity index (χ2v) is 3.92. The molecular formula is C10H12BrNO2. The summed E-state index contributed by atoms with van der Waals surface area (Å²) in [5, 5.41) is 0. The van der Waals surface area contributed by atoms with E-state index < -0.39 is 12.0 Å². The summed E-state index contributed by atoms with van der Waals surface area (Å²) in [7, 11) is 1.33. The van der Waals surface area contributed by atoms with Crippen molar-refractivity contribution >= 4 is 21.9 Å². The Balaban J connectivity index is 3.05. The van der Waals surface area contributed by atoms with Crippen LogP contribution in [0.25, 0.3) is 0 Å². The van der Waals surface area contributed by atoms with Gasteiger partial charge in [-0.3, -0.25) is 4.79 Å². The van der Waals surface area contributed by atoms with E-state index in [4.69, 9.17) is 5.73 Å². The molecule has 4 heteroatoms. The van der Waals surface area contributed by atoms with Gasteiger partial charge in [-0.25, -0.2) is 0 Å². The summed E-state index contributed by atoms with van der Waals surface area (Å²) in [6.07, 6.45) is 0. The highest BCUT2D eigenvalue weighted by Crippen LogP contribution is 2.21. The molecule has 0 saturated carbocycles. The van der Waals surface area contributed by atoms with Gasteiger partial charge in [-0.15, -0.1) is 0 Å². The number of hydrogen-bond donors (Lipinski definition) is 1. The minimum absolute atomic E-state index is 0.425. The van der Waals surface area contributed by atoms with Crippen LogP contribution in [0.1, 0.15) is 17.2 Å². The minimum atomic E-state index is -0.711. The summed E-state index contributed by atoms with van der Waals surface area (Å²) in [5.41, 5.74) is 7.48. The molecule has 3 nitrogen and oxygen atoms in total. The van der Waals surface area contributed by atoms with Gasteiger partial charge in [-0.1, -0.05) is 22.0 Å². The molecule has 1 rings (SSSR count). The van der Waals surface area contributed by atoms with Crippen LogP contribution in [0.15, 0.2) is 22.7 Å². The first-order valence-electron chi connectivity index (χ1n) is 4.15. The Hall–Kier alpha value is -0.870. The molecule has 0 aliphatic carbocycles. The van der Waals surface area contributed by atoms with E-state index in [1.165, 1.54) is 7.11 Å². The van der Waals surface area contributed by atoms with Gasteiger partial charge in [0.15, 0.2) is 0 Å². The average molecular weight is 258 g/mol. The predicted octanol–water partition coefficient (Wildman–Crippen LogP) is 1.93. The number of ether oxygens (including phenoxy) is 1. The zero-order valence-corrected chi connectivity index (χ0v) is 9.67. The minimum Gasteiger partial charge on any atom is -0.468 e. The smallest absolute Gasteiger partial charge is 0.327 e. The number of carbonyl (C=O) groups is 1. The molecule has 0 amide bonds. The first kappa shape index (κ1) is 11.2. The van der Waals surface area contributed by atoms with Crippen LogP contribution in [0.4, 0.5) is 0 Å². The largest absolute Gasteiger partial charge is 0.468 e. The number of aryl methyl sites for hydroxylation is 1. The molecule has 1 aromatic rings. The first-order valence-corrected chi connectivity index (χ1v) is 4.95. The van der Waals surface area contributed by atoms with Gasteiger partial charge in [-0.2, -0.15) is 0 Å². The third-order valence-corrected chi connectivity index (χ3v) is 2.52. The third-order valence-electron chi connectivity index (χ3n) is 2.03. The number of esters is 1. The van der Waals surface area contributed by atoms with Crippen molar-refractivity contribution in [3.8, 4) is 0 Å². The van der Waals surface area contributed by atoms with E-state index in [-0.39, 0.29) is 0 Å². The molecule has 1 atom stereocenters. The van der Waals surface area contributed by atoms with Crippen molar-refractivity contribution in [2.45, 2.75) is 13.0 Å². The van der Waals surface area contributed by atoms with Crippen molar-refractivity contribution in [3.05, 3.63) is 33.8 Å². The Morgan fingerprint density at radius 2 is 2.21 bits per heavy atom. The SMILES string of the molecule is COC(=O)[C@@H](N)c1cc(Br)ccc1C. The van der Waals surface area contributed by atoms with E-state index >= 15 is 0 Å². The van der Waals surface area contributed by atoms with E-state index in [0.717, 1.165) is 15.6 Å². The fraction of sp³-hybridized carbons (Fsp3) is 0.300. The number of halogens is 1. The molecular weight excluding hydrogens is 246 g/mol. The van der Waals surface area contributed by atoms with Gasteiger partial charge >= 0.3 is 5.97 Å². The molecule has 2 N–H and O–H groups in total. The van der Waals surface area contributed by atoms with E-state index in [1.807, 2.05) is 25.1 Å². The van der Waals surface area contributed by atoms with Crippen LogP contribution in [0.2, 0.25) is 0 Å². The van der Waals surface area contributed by atoms with Crippen LogP contribution < -0.4 is 5.73 Å². The van der Waals surface area contributed by atoms with Gasteiger partial charge in [-0.05, 0) is 30.2 Å². The highest BCUT2D eigenvalue weighted by molar-refractivity contribution is 9.10. The molecule has 14 heavy (non-hydrogen) atoms. The van der Waals surface area contributed by atoms with Crippen LogP contribution >= 0.6 is 15.9 Å². The maximum Gasteiger partial charge on any atom is 0.327 e. The molecule has 1 aromatic carbocycles. The normalized spacial score (nSPS) is 12.3. The molecule has 0 heterocycles. The number of hydrogen-bond acceptors (Lipinski definition) is 3. The van der Waals surface area contributed by atoms with E-state index in [1.54, 1.807) is 0 Å². The summed E-state index contributed by atoms with van der Waals surface area (Å²) in [6.45, 7) is 1.91. The number of rotatable bonds is 2. The summed E-state index contributed by atoms with van der Waals surface area (Å²) >= 11 is 3.33. The first-order chi connectivity index (χ1) is 6.56. The maximum atomic E-state index is 11.2. The van der Waals surface area contributed by atoms with Gasteiger partial charge in [0.05, 0.1) is 7.11 Å². The quantitative estimate of drug-likeness (QED) is 0.824. The second kappa shape index (κ2) is 4.57. The van der Waals surface area contributed by atoms with E-state index in [0.29, 0.717) is 0 Å². The Labute approximate surface area is 91.4 Å². The van der Waals surface area contributed by atoms with Gasteiger partial charge in [0.2, 0.25) is 0 Å². The molecule has 0 radical (unpaired) electrons. The molecule has 0 aliphatic heterocycles. The van der Waals surface area contributed by atoms with Crippen LogP contribution in [0.3, 0.4) is 0 Å². The molecule has 0 bridgehead atoms. The van der Waals surface area contributed by atoms with Crippen LogP contribution in [0.5, 0.6) is 0 Å². The topological polar surface area (TPSA) is 52.3 Å². The van der Waals surface area contributed by atoms with Gasteiger partial charge in [0, 0.05) is 4.47 Å². The van der Waals surface area contributed by atoms with Gasteiger partial charge in [0.25, 0.3) is 0 Å². The van der Waals surface area contributed by atoms with Crippen molar-refractivity contribution in [1.82, 2.24) is 0 Å².